The molecule has 5 nitrogen and oxygen atoms in total. The van der Waals surface area contributed by atoms with E-state index in [4.69, 9.17) is 4.52 Å². The standard InChI is InChI=1S/C16H18FN3O2/c1-3-4-14-18-16(22-19-14)11-8-15(21)20(9-11)12-5-6-13(17)10(2)7-12/h5-7,11H,3-4,8-9H2,1-2H3. The van der Waals surface area contributed by atoms with Crippen molar-refractivity contribution in [1.82, 2.24) is 10.1 Å². The maximum Gasteiger partial charge on any atom is 0.232 e. The van der Waals surface area contributed by atoms with Gasteiger partial charge in [-0.3, -0.25) is 4.79 Å². The van der Waals surface area contributed by atoms with E-state index in [0.29, 0.717) is 35.9 Å². The highest BCUT2D eigenvalue weighted by Gasteiger charge is 2.35. The summed E-state index contributed by atoms with van der Waals surface area (Å²) in [5, 5.41) is 3.93. The van der Waals surface area contributed by atoms with Crippen molar-refractivity contribution in [3.63, 3.8) is 0 Å². The van der Waals surface area contributed by atoms with Gasteiger partial charge in [-0.1, -0.05) is 12.1 Å². The lowest BCUT2D eigenvalue weighted by molar-refractivity contribution is -0.117. The third-order valence-electron chi connectivity index (χ3n) is 3.88. The third kappa shape index (κ3) is 2.73. The number of carbonyl (C=O) groups excluding carboxylic acids is 1. The van der Waals surface area contributed by atoms with Crippen molar-refractivity contribution in [3.8, 4) is 0 Å². The Morgan fingerprint density at radius 3 is 3.00 bits per heavy atom. The number of carbonyl (C=O) groups is 1. The van der Waals surface area contributed by atoms with Crippen molar-refractivity contribution in [3.05, 3.63) is 41.3 Å². The van der Waals surface area contributed by atoms with E-state index in [1.54, 1.807) is 24.0 Å². The van der Waals surface area contributed by atoms with Crippen LogP contribution < -0.4 is 4.90 Å². The number of hydrogen-bond acceptors (Lipinski definition) is 4. The molecule has 1 unspecified atom stereocenters. The molecule has 0 aliphatic carbocycles. The summed E-state index contributed by atoms with van der Waals surface area (Å²) in [5.41, 5.74) is 1.23. The second-order valence-corrected chi connectivity index (χ2v) is 5.64. The normalized spacial score (nSPS) is 18.2. The van der Waals surface area contributed by atoms with Crippen LogP contribution in [0.2, 0.25) is 0 Å². The van der Waals surface area contributed by atoms with Crippen LogP contribution >= 0.6 is 0 Å². The number of halogens is 1. The molecule has 1 atom stereocenters. The molecule has 1 aromatic heterocycles. The van der Waals surface area contributed by atoms with Crippen LogP contribution in [0.4, 0.5) is 10.1 Å². The minimum Gasteiger partial charge on any atom is -0.339 e. The fourth-order valence-corrected chi connectivity index (χ4v) is 2.68. The first kappa shape index (κ1) is 14.7. The SMILES string of the molecule is CCCc1noc(C2CC(=O)N(c3ccc(F)c(C)c3)C2)n1. The number of aromatic nitrogens is 2. The summed E-state index contributed by atoms with van der Waals surface area (Å²) in [4.78, 5) is 18.2. The Morgan fingerprint density at radius 2 is 2.27 bits per heavy atom. The van der Waals surface area contributed by atoms with E-state index in [9.17, 15) is 9.18 Å². The van der Waals surface area contributed by atoms with Crippen LogP contribution in [0.1, 0.15) is 43.0 Å². The van der Waals surface area contributed by atoms with Crippen molar-refractivity contribution >= 4 is 11.6 Å². The molecule has 1 aromatic carbocycles. The molecule has 0 N–H and O–H groups in total. The van der Waals surface area contributed by atoms with E-state index < -0.39 is 0 Å². The van der Waals surface area contributed by atoms with Gasteiger partial charge in [-0.15, -0.1) is 0 Å². The van der Waals surface area contributed by atoms with Crippen LogP contribution in [0.5, 0.6) is 0 Å². The molecule has 1 saturated heterocycles. The van der Waals surface area contributed by atoms with E-state index in [1.807, 2.05) is 6.92 Å². The average Bonchev–Trinajstić information content (AvgIpc) is 3.09. The minimum atomic E-state index is -0.270. The lowest BCUT2D eigenvalue weighted by Crippen LogP contribution is -2.24. The van der Waals surface area contributed by atoms with Crippen LogP contribution in [0, 0.1) is 12.7 Å². The monoisotopic (exact) mass is 303 g/mol. The molecule has 22 heavy (non-hydrogen) atoms. The minimum absolute atomic E-state index is 0.00810. The van der Waals surface area contributed by atoms with Gasteiger partial charge in [-0.25, -0.2) is 4.39 Å². The number of anilines is 1. The van der Waals surface area contributed by atoms with Gasteiger partial charge >= 0.3 is 0 Å². The van der Waals surface area contributed by atoms with Crippen molar-refractivity contribution in [1.29, 1.82) is 0 Å². The second-order valence-electron chi connectivity index (χ2n) is 5.64. The average molecular weight is 303 g/mol. The highest BCUT2D eigenvalue weighted by Crippen LogP contribution is 2.31. The molecule has 116 valence electrons. The van der Waals surface area contributed by atoms with Gasteiger partial charge in [0.1, 0.15) is 5.82 Å². The summed E-state index contributed by atoms with van der Waals surface area (Å²) in [7, 11) is 0. The lowest BCUT2D eigenvalue weighted by atomic mass is 10.1. The fourth-order valence-electron chi connectivity index (χ4n) is 2.68. The molecule has 2 heterocycles. The van der Waals surface area contributed by atoms with Crippen LogP contribution in [0.25, 0.3) is 0 Å². The lowest BCUT2D eigenvalue weighted by Gasteiger charge is -2.16. The molecule has 1 fully saturated rings. The number of hydrogen-bond donors (Lipinski definition) is 0. The van der Waals surface area contributed by atoms with Crippen LogP contribution in [0.3, 0.4) is 0 Å². The van der Waals surface area contributed by atoms with Gasteiger partial charge in [0.2, 0.25) is 11.8 Å². The zero-order valence-corrected chi connectivity index (χ0v) is 12.7. The molecule has 0 radical (unpaired) electrons. The number of nitrogens with zero attached hydrogens (tertiary/aromatic N) is 3. The highest BCUT2D eigenvalue weighted by atomic mass is 19.1. The van der Waals surface area contributed by atoms with Gasteiger partial charge in [-0.2, -0.15) is 4.98 Å². The van der Waals surface area contributed by atoms with E-state index in [0.717, 1.165) is 12.8 Å². The summed E-state index contributed by atoms with van der Waals surface area (Å²) in [6.45, 7) is 4.22. The van der Waals surface area contributed by atoms with Crippen LogP contribution in [0.15, 0.2) is 22.7 Å². The van der Waals surface area contributed by atoms with Gasteiger partial charge in [-0.05, 0) is 37.1 Å². The quantitative estimate of drug-likeness (QED) is 0.871. The Balaban J connectivity index is 1.78. The maximum absolute atomic E-state index is 13.4. The topological polar surface area (TPSA) is 59.2 Å². The Kier molecular flexibility index (Phi) is 3.92. The molecule has 3 rings (SSSR count). The van der Waals surface area contributed by atoms with Crippen molar-refractivity contribution < 1.29 is 13.7 Å². The Labute approximate surface area is 128 Å². The van der Waals surface area contributed by atoms with Crippen molar-refractivity contribution in [2.24, 2.45) is 0 Å². The summed E-state index contributed by atoms with van der Waals surface area (Å²) in [6.07, 6.45) is 2.05. The first-order valence-corrected chi connectivity index (χ1v) is 7.47. The van der Waals surface area contributed by atoms with Crippen LogP contribution in [-0.4, -0.2) is 22.6 Å². The third-order valence-corrected chi connectivity index (χ3v) is 3.88. The molecule has 6 heteroatoms. The molecule has 0 spiro atoms. The molecule has 1 aliphatic rings. The van der Waals surface area contributed by atoms with E-state index in [-0.39, 0.29) is 17.6 Å². The van der Waals surface area contributed by atoms with Crippen molar-refractivity contribution in [2.75, 3.05) is 11.4 Å². The largest absolute Gasteiger partial charge is 0.339 e. The predicted octanol–water partition coefficient (Wildman–Crippen LogP) is 2.99. The first-order chi connectivity index (χ1) is 10.6. The number of amides is 1. The predicted molar refractivity (Wildman–Crippen MR) is 79.1 cm³/mol. The molecule has 1 amide bonds. The van der Waals surface area contributed by atoms with Gasteiger partial charge in [0, 0.05) is 25.1 Å². The Morgan fingerprint density at radius 1 is 1.45 bits per heavy atom. The summed E-state index contributed by atoms with van der Waals surface area (Å²) >= 11 is 0. The molecule has 0 bridgehead atoms. The van der Waals surface area contributed by atoms with E-state index in [2.05, 4.69) is 10.1 Å². The van der Waals surface area contributed by atoms with E-state index in [1.165, 1.54) is 6.07 Å². The number of rotatable bonds is 4. The van der Waals surface area contributed by atoms with Gasteiger partial charge in [0.05, 0.1) is 5.92 Å². The molecule has 2 aromatic rings. The van der Waals surface area contributed by atoms with Crippen molar-refractivity contribution in [2.45, 2.75) is 39.0 Å². The zero-order valence-electron chi connectivity index (χ0n) is 12.7. The second kappa shape index (κ2) is 5.87. The summed E-state index contributed by atoms with van der Waals surface area (Å²) in [6, 6.07) is 4.70. The summed E-state index contributed by atoms with van der Waals surface area (Å²) in [5.74, 6) is 0.814. The Hall–Kier alpha value is -2.24. The zero-order chi connectivity index (χ0) is 15.7. The molecular formula is C16H18FN3O2. The highest BCUT2D eigenvalue weighted by molar-refractivity contribution is 5.96. The van der Waals surface area contributed by atoms with Crippen LogP contribution in [-0.2, 0) is 11.2 Å². The van der Waals surface area contributed by atoms with Gasteiger partial charge in [0.25, 0.3) is 0 Å². The number of benzene rings is 1. The molecular weight excluding hydrogens is 285 g/mol. The van der Waals surface area contributed by atoms with E-state index >= 15 is 0 Å². The summed E-state index contributed by atoms with van der Waals surface area (Å²) < 4.78 is 18.6. The van der Waals surface area contributed by atoms with Gasteiger partial charge in [0.15, 0.2) is 5.82 Å². The maximum atomic E-state index is 13.4. The fraction of sp³-hybridized carbons (Fsp3) is 0.438. The molecule has 0 saturated carbocycles. The smallest absolute Gasteiger partial charge is 0.232 e. The Bertz CT molecular complexity index is 698. The first-order valence-electron chi connectivity index (χ1n) is 7.47. The van der Waals surface area contributed by atoms with Gasteiger partial charge < -0.3 is 9.42 Å². The molecule has 1 aliphatic heterocycles. The number of aryl methyl sites for hydroxylation is 2.